The van der Waals surface area contributed by atoms with Gasteiger partial charge in [-0.2, -0.15) is 0 Å². The van der Waals surface area contributed by atoms with Crippen LogP contribution in [-0.2, 0) is 0 Å². The molecule has 5 nitrogen and oxygen atoms in total. The zero-order valence-corrected chi connectivity index (χ0v) is 13.6. The van der Waals surface area contributed by atoms with Crippen LogP contribution in [0.1, 0.15) is 5.69 Å². The molecule has 0 saturated heterocycles. The number of H-pyrrole nitrogens is 1. The Hall–Kier alpha value is -2.92. The molecule has 0 bridgehead atoms. The summed E-state index contributed by atoms with van der Waals surface area (Å²) >= 11 is 5.98. The molecule has 0 atom stereocenters. The van der Waals surface area contributed by atoms with E-state index < -0.39 is 0 Å². The van der Waals surface area contributed by atoms with E-state index in [2.05, 4.69) is 15.1 Å². The lowest BCUT2D eigenvalue weighted by molar-refractivity contribution is 0.882. The second-order valence-corrected chi connectivity index (χ2v) is 5.94. The van der Waals surface area contributed by atoms with E-state index in [9.17, 15) is 4.79 Å². The summed E-state index contributed by atoms with van der Waals surface area (Å²) in [6, 6.07) is 12.7. The topological polar surface area (TPSA) is 63.0 Å². The average molecular weight is 337 g/mol. The third-order valence-electron chi connectivity index (χ3n) is 3.89. The molecule has 0 amide bonds. The fourth-order valence-corrected chi connectivity index (χ4v) is 2.90. The van der Waals surface area contributed by atoms with Gasteiger partial charge in [0.25, 0.3) is 5.56 Å². The van der Waals surface area contributed by atoms with Gasteiger partial charge in [0.1, 0.15) is 0 Å². The monoisotopic (exact) mass is 336 g/mol. The van der Waals surface area contributed by atoms with Crippen LogP contribution < -0.4 is 5.56 Å². The minimum atomic E-state index is -0.165. The maximum Gasteiger partial charge on any atom is 0.273 e. The van der Waals surface area contributed by atoms with Crippen molar-refractivity contribution >= 4 is 17.2 Å². The van der Waals surface area contributed by atoms with Gasteiger partial charge in [-0.3, -0.25) is 14.9 Å². The SMILES string of the molecule is Cc1[nH]n2c(=O)cc(-c3cccnc3)nc2c1-c1ccc(Cl)cc1. The predicted molar refractivity (Wildman–Crippen MR) is 94.2 cm³/mol. The number of aryl methyl sites for hydroxylation is 1. The van der Waals surface area contributed by atoms with Crippen LogP contribution in [0, 0.1) is 6.92 Å². The van der Waals surface area contributed by atoms with Crippen molar-refractivity contribution in [3.63, 3.8) is 0 Å². The van der Waals surface area contributed by atoms with E-state index >= 15 is 0 Å². The Morgan fingerprint density at radius 3 is 2.62 bits per heavy atom. The molecule has 1 N–H and O–H groups in total. The number of hydrogen-bond acceptors (Lipinski definition) is 3. The number of pyridine rings is 1. The number of halogens is 1. The van der Waals surface area contributed by atoms with Crippen LogP contribution in [0.2, 0.25) is 5.02 Å². The molecule has 1 aromatic carbocycles. The quantitative estimate of drug-likeness (QED) is 0.607. The van der Waals surface area contributed by atoms with Gasteiger partial charge in [0, 0.05) is 40.3 Å². The summed E-state index contributed by atoms with van der Waals surface area (Å²) in [4.78, 5) is 21.3. The van der Waals surface area contributed by atoms with Gasteiger partial charge in [-0.1, -0.05) is 23.7 Å². The molecule has 0 radical (unpaired) electrons. The Morgan fingerprint density at radius 1 is 1.12 bits per heavy atom. The largest absolute Gasteiger partial charge is 0.293 e. The summed E-state index contributed by atoms with van der Waals surface area (Å²) in [6.45, 7) is 1.92. The first kappa shape index (κ1) is 14.7. The normalized spacial score (nSPS) is 11.1. The zero-order chi connectivity index (χ0) is 16.7. The average Bonchev–Trinajstić information content (AvgIpc) is 2.93. The highest BCUT2D eigenvalue weighted by molar-refractivity contribution is 6.30. The van der Waals surface area contributed by atoms with Crippen molar-refractivity contribution in [3.8, 4) is 22.4 Å². The van der Waals surface area contributed by atoms with Gasteiger partial charge in [-0.15, -0.1) is 0 Å². The van der Waals surface area contributed by atoms with Crippen LogP contribution in [0.5, 0.6) is 0 Å². The number of fused-ring (bicyclic) bond motifs is 1. The second kappa shape index (κ2) is 5.62. The first-order valence-electron chi connectivity index (χ1n) is 7.42. The molecule has 0 spiro atoms. The van der Waals surface area contributed by atoms with Crippen molar-refractivity contribution in [2.75, 3.05) is 0 Å². The molecule has 118 valence electrons. The van der Waals surface area contributed by atoms with E-state index in [4.69, 9.17) is 11.6 Å². The van der Waals surface area contributed by atoms with Crippen LogP contribution in [0.25, 0.3) is 28.0 Å². The predicted octanol–water partition coefficient (Wildman–Crippen LogP) is 3.71. The standard InChI is InChI=1S/C18H13ClN4O/c1-11-17(12-4-6-14(19)7-5-12)18-21-15(9-16(24)23(18)22-11)13-3-2-8-20-10-13/h2-10,22H,1H3. The van der Waals surface area contributed by atoms with Gasteiger partial charge in [-0.25, -0.2) is 9.50 Å². The van der Waals surface area contributed by atoms with E-state index in [-0.39, 0.29) is 5.56 Å². The molecule has 6 heteroatoms. The van der Waals surface area contributed by atoms with Crippen LogP contribution in [0.3, 0.4) is 0 Å². The van der Waals surface area contributed by atoms with Crippen molar-refractivity contribution < 1.29 is 0 Å². The third-order valence-corrected chi connectivity index (χ3v) is 4.14. The first-order chi connectivity index (χ1) is 11.6. The molecule has 0 aliphatic carbocycles. The number of aromatic amines is 1. The zero-order valence-electron chi connectivity index (χ0n) is 12.8. The smallest absolute Gasteiger partial charge is 0.273 e. The molecule has 24 heavy (non-hydrogen) atoms. The molecule has 0 aliphatic rings. The minimum absolute atomic E-state index is 0.165. The number of hydrogen-bond donors (Lipinski definition) is 1. The van der Waals surface area contributed by atoms with Crippen LogP contribution in [0.15, 0.2) is 59.7 Å². The molecule has 4 rings (SSSR count). The molecule has 3 heterocycles. The molecule has 0 unspecified atom stereocenters. The van der Waals surface area contributed by atoms with Crippen LogP contribution in [-0.4, -0.2) is 19.6 Å². The van der Waals surface area contributed by atoms with Crippen molar-refractivity contribution in [2.24, 2.45) is 0 Å². The lowest BCUT2D eigenvalue weighted by Gasteiger charge is -2.03. The molecular formula is C18H13ClN4O. The highest BCUT2D eigenvalue weighted by Gasteiger charge is 2.15. The van der Waals surface area contributed by atoms with Crippen molar-refractivity contribution in [3.05, 3.63) is 75.9 Å². The Bertz CT molecular complexity index is 1080. The highest BCUT2D eigenvalue weighted by atomic mass is 35.5. The fraction of sp³-hybridized carbons (Fsp3) is 0.0556. The summed E-state index contributed by atoms with van der Waals surface area (Å²) in [5, 5.41) is 3.74. The van der Waals surface area contributed by atoms with Crippen LogP contribution in [0.4, 0.5) is 0 Å². The number of benzene rings is 1. The van der Waals surface area contributed by atoms with Gasteiger partial charge < -0.3 is 0 Å². The molecule has 0 fully saturated rings. The number of rotatable bonds is 2. The molecule has 0 aliphatic heterocycles. The Balaban J connectivity index is 2.01. The van der Waals surface area contributed by atoms with Crippen LogP contribution >= 0.6 is 11.6 Å². The van der Waals surface area contributed by atoms with Gasteiger partial charge in [-0.05, 0) is 36.8 Å². The Kier molecular flexibility index (Phi) is 3.43. The van der Waals surface area contributed by atoms with Gasteiger partial charge in [0.15, 0.2) is 5.65 Å². The Labute approximate surface area is 142 Å². The summed E-state index contributed by atoms with van der Waals surface area (Å²) in [7, 11) is 0. The summed E-state index contributed by atoms with van der Waals surface area (Å²) < 4.78 is 1.46. The number of nitrogens with zero attached hydrogens (tertiary/aromatic N) is 3. The lowest BCUT2D eigenvalue weighted by atomic mass is 10.1. The summed E-state index contributed by atoms with van der Waals surface area (Å²) in [6.07, 6.45) is 3.38. The van der Waals surface area contributed by atoms with Gasteiger partial charge in [0.05, 0.1) is 5.69 Å². The maximum absolute atomic E-state index is 12.5. The second-order valence-electron chi connectivity index (χ2n) is 5.50. The third kappa shape index (κ3) is 2.39. The lowest BCUT2D eigenvalue weighted by Crippen LogP contribution is -2.14. The van der Waals surface area contributed by atoms with E-state index in [0.717, 1.165) is 22.4 Å². The number of nitrogens with one attached hydrogen (secondary N) is 1. The van der Waals surface area contributed by atoms with E-state index in [1.54, 1.807) is 12.4 Å². The molecule has 4 aromatic rings. The molecule has 0 saturated carbocycles. The summed E-state index contributed by atoms with van der Waals surface area (Å²) in [5.74, 6) is 0. The first-order valence-corrected chi connectivity index (χ1v) is 7.80. The van der Waals surface area contributed by atoms with Crippen molar-refractivity contribution in [1.82, 2.24) is 19.6 Å². The molecule has 3 aromatic heterocycles. The van der Waals surface area contributed by atoms with Crippen molar-refractivity contribution in [2.45, 2.75) is 6.92 Å². The molecular weight excluding hydrogens is 324 g/mol. The van der Waals surface area contributed by atoms with Gasteiger partial charge in [0.2, 0.25) is 0 Å². The van der Waals surface area contributed by atoms with Crippen molar-refractivity contribution in [1.29, 1.82) is 0 Å². The minimum Gasteiger partial charge on any atom is -0.293 e. The fourth-order valence-electron chi connectivity index (χ4n) is 2.77. The summed E-state index contributed by atoms with van der Waals surface area (Å²) in [5.41, 5.74) is 4.52. The highest BCUT2D eigenvalue weighted by Crippen LogP contribution is 2.28. The van der Waals surface area contributed by atoms with E-state index in [1.807, 2.05) is 43.3 Å². The van der Waals surface area contributed by atoms with E-state index in [1.165, 1.54) is 10.6 Å². The maximum atomic E-state index is 12.5. The van der Waals surface area contributed by atoms with E-state index in [0.29, 0.717) is 16.4 Å². The Morgan fingerprint density at radius 2 is 1.92 bits per heavy atom. The van der Waals surface area contributed by atoms with Gasteiger partial charge >= 0.3 is 0 Å². The number of aromatic nitrogens is 4.